The molecule has 5 atom stereocenters. The summed E-state index contributed by atoms with van der Waals surface area (Å²) in [7, 11) is -4.53. The zero-order chi connectivity index (χ0) is 13.1. The van der Waals surface area contributed by atoms with Gasteiger partial charge >= 0.3 is 10.4 Å². The molecule has 9 heteroatoms. The molecule has 0 aromatic heterocycles. The number of ether oxygens (including phenoxy) is 4. The number of hydrogen-bond donors (Lipinski definition) is 1. The van der Waals surface area contributed by atoms with Gasteiger partial charge in [-0.2, -0.15) is 8.42 Å². The maximum Gasteiger partial charge on any atom is 0.397 e. The number of hydrogen-bond acceptors (Lipinski definition) is 7. The minimum absolute atomic E-state index is 0.0160. The molecule has 18 heavy (non-hydrogen) atoms. The van der Waals surface area contributed by atoms with Gasteiger partial charge in [0.15, 0.2) is 12.1 Å². The van der Waals surface area contributed by atoms with Crippen LogP contribution in [-0.2, 0) is 33.5 Å². The van der Waals surface area contributed by atoms with E-state index in [9.17, 15) is 8.42 Å². The van der Waals surface area contributed by atoms with Gasteiger partial charge in [0.05, 0.1) is 6.61 Å². The third-order valence-corrected chi connectivity index (χ3v) is 3.58. The summed E-state index contributed by atoms with van der Waals surface area (Å²) in [6, 6.07) is 0. The van der Waals surface area contributed by atoms with Gasteiger partial charge in [0.1, 0.15) is 24.4 Å². The van der Waals surface area contributed by atoms with E-state index in [-0.39, 0.29) is 6.61 Å². The minimum atomic E-state index is -4.53. The Morgan fingerprint density at radius 1 is 1.22 bits per heavy atom. The molecule has 3 aliphatic rings. The van der Waals surface area contributed by atoms with E-state index in [4.69, 9.17) is 23.5 Å². The minimum Gasteiger partial charge on any atom is -0.370 e. The van der Waals surface area contributed by atoms with Crippen molar-refractivity contribution < 1.29 is 36.1 Å². The molecule has 0 spiro atoms. The summed E-state index contributed by atoms with van der Waals surface area (Å²) in [6.07, 6.45) is -2.99. The Kier molecular flexibility index (Phi) is 2.73. The van der Waals surface area contributed by atoms with Crippen LogP contribution in [0.25, 0.3) is 0 Å². The first kappa shape index (κ1) is 12.7. The molecule has 0 aliphatic carbocycles. The molecule has 0 aromatic carbocycles. The molecule has 104 valence electrons. The van der Waals surface area contributed by atoms with Crippen molar-refractivity contribution in [2.75, 3.05) is 6.61 Å². The quantitative estimate of drug-likeness (QED) is 0.673. The Morgan fingerprint density at radius 3 is 2.61 bits per heavy atom. The van der Waals surface area contributed by atoms with Crippen molar-refractivity contribution in [2.45, 2.75) is 50.3 Å². The van der Waals surface area contributed by atoms with Crippen LogP contribution in [-0.4, -0.2) is 56.1 Å². The molecule has 0 unspecified atom stereocenters. The Balaban J connectivity index is 1.72. The molecular weight excluding hydrogens is 268 g/mol. The van der Waals surface area contributed by atoms with Gasteiger partial charge in [0, 0.05) is 0 Å². The van der Waals surface area contributed by atoms with Gasteiger partial charge in [0.25, 0.3) is 0 Å². The molecule has 0 bridgehead atoms. The van der Waals surface area contributed by atoms with Crippen molar-refractivity contribution in [1.82, 2.24) is 0 Å². The third-order valence-electron chi connectivity index (χ3n) is 3.09. The summed E-state index contributed by atoms with van der Waals surface area (Å²) in [5, 5.41) is 0. The normalized spacial score (nSPS) is 46.1. The SMILES string of the molecule is CC1(C)O[C@H]2O[C@H]3[C@H](OC[C@H]3OS(=O)(=O)O)[C@H]2O1. The molecule has 3 heterocycles. The van der Waals surface area contributed by atoms with Crippen molar-refractivity contribution in [3.05, 3.63) is 0 Å². The maximum absolute atomic E-state index is 10.7. The highest BCUT2D eigenvalue weighted by Gasteiger charge is 2.60. The number of rotatable bonds is 2. The van der Waals surface area contributed by atoms with E-state index in [0.29, 0.717) is 0 Å². The summed E-state index contributed by atoms with van der Waals surface area (Å²) in [5.41, 5.74) is 0. The molecule has 0 aromatic rings. The third kappa shape index (κ3) is 2.16. The predicted octanol–water partition coefficient (Wildman–Crippen LogP) is -0.550. The molecule has 0 radical (unpaired) electrons. The van der Waals surface area contributed by atoms with E-state index in [2.05, 4.69) is 4.18 Å². The standard InChI is InChI=1S/C9H14O8S/c1-9(2)15-7-6-5(14-8(7)16-9)4(3-13-6)17-18(10,11)12/h4-8H,3H2,1-2H3,(H,10,11,12)/t4-,5-,6+,7-,8-/m1/s1. The summed E-state index contributed by atoms with van der Waals surface area (Å²) < 4.78 is 56.6. The van der Waals surface area contributed by atoms with Crippen LogP contribution < -0.4 is 0 Å². The smallest absolute Gasteiger partial charge is 0.370 e. The molecule has 8 nitrogen and oxygen atoms in total. The van der Waals surface area contributed by atoms with Crippen LogP contribution in [0.2, 0.25) is 0 Å². The lowest BCUT2D eigenvalue weighted by atomic mass is 10.1. The van der Waals surface area contributed by atoms with Crippen LogP contribution in [0.1, 0.15) is 13.8 Å². The van der Waals surface area contributed by atoms with E-state index in [1.54, 1.807) is 13.8 Å². The van der Waals surface area contributed by atoms with Crippen molar-refractivity contribution >= 4 is 10.4 Å². The van der Waals surface area contributed by atoms with Gasteiger partial charge < -0.3 is 18.9 Å². The maximum atomic E-state index is 10.7. The Labute approximate surface area is 104 Å². The van der Waals surface area contributed by atoms with Gasteiger partial charge in [-0.1, -0.05) is 0 Å². The molecule has 3 fully saturated rings. The van der Waals surface area contributed by atoms with E-state index in [1.165, 1.54) is 0 Å². The van der Waals surface area contributed by atoms with Crippen molar-refractivity contribution in [2.24, 2.45) is 0 Å². The molecule has 1 N–H and O–H groups in total. The predicted molar refractivity (Wildman–Crippen MR) is 54.9 cm³/mol. The van der Waals surface area contributed by atoms with Crippen LogP contribution in [0.4, 0.5) is 0 Å². The molecular formula is C9H14O8S. The lowest BCUT2D eigenvalue weighted by molar-refractivity contribution is -0.213. The Morgan fingerprint density at radius 2 is 1.94 bits per heavy atom. The van der Waals surface area contributed by atoms with Gasteiger partial charge in [-0.15, -0.1) is 0 Å². The van der Waals surface area contributed by atoms with Gasteiger partial charge in [0.2, 0.25) is 0 Å². The Hall–Kier alpha value is -0.290. The fraction of sp³-hybridized carbons (Fsp3) is 1.00. The summed E-state index contributed by atoms with van der Waals surface area (Å²) >= 11 is 0. The summed E-state index contributed by atoms with van der Waals surface area (Å²) in [5.74, 6) is -0.758. The second-order valence-corrected chi connectivity index (χ2v) is 5.98. The highest BCUT2D eigenvalue weighted by Crippen LogP contribution is 2.42. The topological polar surface area (TPSA) is 101 Å². The van der Waals surface area contributed by atoms with Crippen molar-refractivity contribution in [3.63, 3.8) is 0 Å². The fourth-order valence-corrected chi connectivity index (χ4v) is 3.01. The first-order chi connectivity index (χ1) is 8.25. The van der Waals surface area contributed by atoms with Gasteiger partial charge in [-0.25, -0.2) is 4.18 Å². The van der Waals surface area contributed by atoms with Crippen LogP contribution >= 0.6 is 0 Å². The molecule has 3 rings (SSSR count). The first-order valence-electron chi connectivity index (χ1n) is 5.54. The van der Waals surface area contributed by atoms with E-state index >= 15 is 0 Å². The van der Waals surface area contributed by atoms with Crippen molar-refractivity contribution in [3.8, 4) is 0 Å². The van der Waals surface area contributed by atoms with Crippen LogP contribution in [0.15, 0.2) is 0 Å². The number of fused-ring (bicyclic) bond motifs is 3. The second kappa shape index (κ2) is 3.85. The summed E-state index contributed by atoms with van der Waals surface area (Å²) in [4.78, 5) is 0. The van der Waals surface area contributed by atoms with Crippen LogP contribution in [0.5, 0.6) is 0 Å². The molecule has 3 saturated heterocycles. The first-order valence-corrected chi connectivity index (χ1v) is 6.90. The summed E-state index contributed by atoms with van der Waals surface area (Å²) in [6.45, 7) is 3.53. The molecule has 0 amide bonds. The lowest BCUT2D eigenvalue weighted by Gasteiger charge is -2.22. The lowest BCUT2D eigenvalue weighted by Crippen LogP contribution is -2.36. The average Bonchev–Trinajstić information content (AvgIpc) is 2.74. The van der Waals surface area contributed by atoms with Crippen LogP contribution in [0.3, 0.4) is 0 Å². The van der Waals surface area contributed by atoms with E-state index < -0.39 is 46.9 Å². The molecule has 0 saturated carbocycles. The van der Waals surface area contributed by atoms with E-state index in [0.717, 1.165) is 0 Å². The van der Waals surface area contributed by atoms with Crippen molar-refractivity contribution in [1.29, 1.82) is 0 Å². The molecule has 3 aliphatic heterocycles. The highest BCUT2D eigenvalue weighted by atomic mass is 32.3. The van der Waals surface area contributed by atoms with E-state index in [1.807, 2.05) is 0 Å². The average molecular weight is 282 g/mol. The monoisotopic (exact) mass is 282 g/mol. The Bertz CT molecular complexity index is 445. The highest BCUT2D eigenvalue weighted by molar-refractivity contribution is 7.80. The fourth-order valence-electron chi connectivity index (χ4n) is 2.53. The van der Waals surface area contributed by atoms with Gasteiger partial charge in [-0.3, -0.25) is 4.55 Å². The van der Waals surface area contributed by atoms with Gasteiger partial charge in [-0.05, 0) is 13.8 Å². The zero-order valence-corrected chi connectivity index (χ0v) is 10.6. The largest absolute Gasteiger partial charge is 0.397 e. The zero-order valence-electron chi connectivity index (χ0n) is 9.81. The van der Waals surface area contributed by atoms with Crippen LogP contribution in [0, 0.1) is 0 Å². The second-order valence-electron chi connectivity index (χ2n) is 4.93.